The number of phenolic OH excluding ortho intramolecular Hbond substituents is 1. The predicted molar refractivity (Wildman–Crippen MR) is 419 cm³/mol. The van der Waals surface area contributed by atoms with Crippen LogP contribution in [0.3, 0.4) is 0 Å². The van der Waals surface area contributed by atoms with Crippen LogP contribution in [0.15, 0.2) is 157 Å². The molecule has 27 heteroatoms. The fraction of sp³-hybridized carbons (Fsp3) is 0.419. The zero-order chi connectivity index (χ0) is 80.0. The summed E-state index contributed by atoms with van der Waals surface area (Å²) in [7, 11) is 1.63. The summed E-state index contributed by atoms with van der Waals surface area (Å²) in [6.45, 7) is 11.8. The maximum absolute atomic E-state index is 14.5. The number of aryl methyl sites for hydroxylation is 1. The molecule has 6 N–H and O–H groups in total. The maximum atomic E-state index is 14.5. The molecule has 4 aliphatic rings. The molecule has 12 rings (SSSR count). The van der Waals surface area contributed by atoms with Crippen molar-refractivity contribution in [1.29, 1.82) is 0 Å². The summed E-state index contributed by atoms with van der Waals surface area (Å²) in [6.07, 6.45) is 9.33. The molecule has 6 amide bonds. The molecule has 0 spiro atoms. The van der Waals surface area contributed by atoms with Gasteiger partial charge in [-0.15, -0.1) is 5.10 Å². The van der Waals surface area contributed by atoms with Crippen LogP contribution in [0.25, 0.3) is 22.3 Å². The average molecular weight is 1540 g/mol. The number of methoxy groups -OCH3 is 1. The number of aromatic nitrogens is 5. The standard InChI is InChI=1S/C86H99N11O16/c1-8-65-66-44-63(98)35-38-70(66)91-77-67(65)49-96-72(77)45-69-68(80(96)105)51-110-81(106)85(69,11-4)113-82(107)111-50-56-27-33-61(34-28-56)89-79(104)71(24-18-19-42-88-86(58-20-14-12-15-21-58,59-22-16-13-17-23-59)60-31-36-64(108-7)37-32-60)90-73(99)52-109-53-74(100)92-83(5,9-2)41-43-112-84(6,10-3)54-95-48-62(93-94-95)46-87-78(103)57-29-25-55(26-30-57)47-97-75(101)39-40-76(97)102/h12-17,20-23,27-28,31-40,44-45,48,55,57,71,88,98H,8-11,18-19,24-26,29-30,41-43,46-47,49-54H2,1-7H3,(H,87,103)(H,89,104)(H,90,99)(H,92,100)/t55?,57?,71?,83?,84?,85-/m0/s1. The van der Waals surface area contributed by atoms with Gasteiger partial charge in [0.25, 0.3) is 17.4 Å². The van der Waals surface area contributed by atoms with Crippen molar-refractivity contribution in [2.45, 2.75) is 180 Å². The number of nitrogens with one attached hydrogen (secondary N) is 5. The number of cyclic esters (lactones) is 1. The second kappa shape index (κ2) is 35.9. The van der Waals surface area contributed by atoms with E-state index in [2.05, 4.69) is 61.2 Å². The van der Waals surface area contributed by atoms with Crippen molar-refractivity contribution in [1.82, 2.24) is 50.7 Å². The van der Waals surface area contributed by atoms with Crippen LogP contribution in [0.5, 0.6) is 11.5 Å². The van der Waals surface area contributed by atoms with Crippen LogP contribution in [0, 0.1) is 11.8 Å². The summed E-state index contributed by atoms with van der Waals surface area (Å²) in [5.74, 6) is -2.35. The predicted octanol–water partition coefficient (Wildman–Crippen LogP) is 10.4. The highest BCUT2D eigenvalue weighted by Crippen LogP contribution is 2.44. The molecule has 0 saturated heterocycles. The highest BCUT2D eigenvalue weighted by atomic mass is 16.7. The number of phenols is 1. The zero-order valence-corrected chi connectivity index (χ0v) is 65.0. The van der Waals surface area contributed by atoms with Crippen LogP contribution in [0.1, 0.15) is 162 Å². The van der Waals surface area contributed by atoms with Crippen molar-refractivity contribution < 1.29 is 71.9 Å². The summed E-state index contributed by atoms with van der Waals surface area (Å²) in [5, 5.41) is 35.5. The number of ether oxygens (including phenoxy) is 6. The minimum atomic E-state index is -2.04. The lowest BCUT2D eigenvalue weighted by atomic mass is 9.77. The van der Waals surface area contributed by atoms with Gasteiger partial charge in [-0.1, -0.05) is 118 Å². The lowest BCUT2D eigenvalue weighted by Gasteiger charge is -2.37. The fourth-order valence-corrected chi connectivity index (χ4v) is 15.6. The summed E-state index contributed by atoms with van der Waals surface area (Å²) in [4.78, 5) is 128. The molecule has 3 aromatic heterocycles. The Bertz CT molecular complexity index is 4830. The van der Waals surface area contributed by atoms with Gasteiger partial charge in [0, 0.05) is 59.0 Å². The highest BCUT2D eigenvalue weighted by Gasteiger charge is 2.51. The van der Waals surface area contributed by atoms with E-state index in [-0.39, 0.29) is 92.2 Å². The Morgan fingerprint density at radius 1 is 0.779 bits per heavy atom. The Morgan fingerprint density at radius 2 is 1.47 bits per heavy atom. The Morgan fingerprint density at radius 3 is 2.13 bits per heavy atom. The van der Waals surface area contributed by atoms with Crippen molar-refractivity contribution in [3.05, 3.63) is 212 Å². The third-order valence-electron chi connectivity index (χ3n) is 22.5. The van der Waals surface area contributed by atoms with Crippen LogP contribution < -0.4 is 36.9 Å². The van der Waals surface area contributed by atoms with E-state index in [0.717, 1.165) is 46.0 Å². The van der Waals surface area contributed by atoms with Gasteiger partial charge in [-0.3, -0.25) is 43.8 Å². The van der Waals surface area contributed by atoms with Crippen molar-refractivity contribution in [2.75, 3.05) is 45.3 Å². The lowest BCUT2D eigenvalue weighted by Crippen LogP contribution is -2.49. The van der Waals surface area contributed by atoms with Crippen LogP contribution in [-0.4, -0.2) is 139 Å². The van der Waals surface area contributed by atoms with Gasteiger partial charge in [0.15, 0.2) is 0 Å². The van der Waals surface area contributed by atoms with E-state index in [9.17, 15) is 48.3 Å². The monoisotopic (exact) mass is 1540 g/mol. The Labute approximate surface area is 655 Å². The van der Waals surface area contributed by atoms with Crippen molar-refractivity contribution >= 4 is 64.2 Å². The largest absolute Gasteiger partial charge is 0.510 e. The van der Waals surface area contributed by atoms with Gasteiger partial charge < -0.3 is 59.4 Å². The molecule has 1 saturated carbocycles. The fourth-order valence-electron chi connectivity index (χ4n) is 15.6. The molecule has 1 fully saturated rings. The number of nitrogens with zero attached hydrogens (tertiary/aromatic N) is 6. The molecule has 6 heterocycles. The number of hydrogen-bond donors (Lipinski definition) is 6. The number of amides is 6. The van der Waals surface area contributed by atoms with Crippen molar-refractivity contribution in [3.8, 4) is 22.9 Å². The van der Waals surface area contributed by atoms with E-state index < -0.39 is 76.9 Å². The van der Waals surface area contributed by atoms with Gasteiger partial charge in [0.2, 0.25) is 29.2 Å². The zero-order valence-electron chi connectivity index (χ0n) is 65.0. The van der Waals surface area contributed by atoms with Crippen LogP contribution in [-0.2, 0) is 108 Å². The third kappa shape index (κ3) is 18.5. The molecule has 3 unspecified atom stereocenters. The van der Waals surface area contributed by atoms with Gasteiger partial charge in [-0.25, -0.2) is 19.3 Å². The van der Waals surface area contributed by atoms with Gasteiger partial charge in [-0.2, -0.15) is 0 Å². The van der Waals surface area contributed by atoms with E-state index in [1.807, 2.05) is 95.3 Å². The van der Waals surface area contributed by atoms with E-state index in [4.69, 9.17) is 33.4 Å². The molecule has 0 bridgehead atoms. The molecule has 27 nitrogen and oxygen atoms in total. The molecule has 113 heavy (non-hydrogen) atoms. The summed E-state index contributed by atoms with van der Waals surface area (Å²) < 4.78 is 38.2. The molecular formula is C86H99N11O16. The molecule has 8 aromatic rings. The average Bonchev–Trinajstić information content (AvgIpc) is 1.61. The first-order valence-electron chi connectivity index (χ1n) is 38.9. The van der Waals surface area contributed by atoms with E-state index in [1.54, 1.807) is 78.0 Å². The molecule has 3 aliphatic heterocycles. The number of aromatic hydroxyl groups is 1. The van der Waals surface area contributed by atoms with Crippen LogP contribution in [0.4, 0.5) is 10.5 Å². The van der Waals surface area contributed by atoms with Crippen LogP contribution in [0.2, 0.25) is 0 Å². The molecule has 0 radical (unpaired) electrons. The minimum Gasteiger partial charge on any atom is -0.508 e. The Hall–Kier alpha value is -11.4. The SMILES string of the molecule is CCc1c2c(nc3ccc(O)cc13)-c1cc3c(c(=O)n1C2)COC(=O)[C@@]3(CC)OC(=O)OCc1ccc(NC(=O)C(CCCCNC(c2ccccc2)(c2ccccc2)c2ccc(OC)cc2)NC(=O)COCC(=O)NC(C)(CC)CCOC(C)(CC)Cn2cc(CNC(=O)C3CCC(CN4C(=O)C=CC4=O)CC3)nn2)cc1. The van der Waals surface area contributed by atoms with Gasteiger partial charge in [0.1, 0.15) is 49.7 Å². The minimum absolute atomic E-state index is 0.0702. The van der Waals surface area contributed by atoms with Gasteiger partial charge in [-0.05, 0) is 180 Å². The van der Waals surface area contributed by atoms with Crippen molar-refractivity contribution in [3.63, 3.8) is 0 Å². The first-order valence-corrected chi connectivity index (χ1v) is 38.9. The van der Waals surface area contributed by atoms with Crippen molar-refractivity contribution in [2.24, 2.45) is 11.8 Å². The second-order valence-corrected chi connectivity index (χ2v) is 29.9. The van der Waals surface area contributed by atoms with Gasteiger partial charge >= 0.3 is 12.1 Å². The number of fused-ring (bicyclic) bond motifs is 5. The normalized spacial score (nSPS) is 17.7. The van der Waals surface area contributed by atoms with E-state index in [1.165, 1.54) is 17.1 Å². The molecule has 594 valence electrons. The molecule has 4 atom stereocenters. The van der Waals surface area contributed by atoms with E-state index >= 15 is 0 Å². The topological polar surface area (TPSA) is 341 Å². The second-order valence-electron chi connectivity index (χ2n) is 29.9. The molecule has 5 aromatic carbocycles. The number of imide groups is 1. The lowest BCUT2D eigenvalue weighted by molar-refractivity contribution is -0.175. The summed E-state index contributed by atoms with van der Waals surface area (Å²) >= 11 is 0. The summed E-state index contributed by atoms with van der Waals surface area (Å²) in [6, 6.07) is 40.2. The Kier molecular flexibility index (Phi) is 25.8. The van der Waals surface area contributed by atoms with Gasteiger partial charge in [0.05, 0.1) is 66.5 Å². The number of carbonyl (C=O) groups excluding carboxylic acids is 8. The number of unbranched alkanes of at least 4 members (excludes halogenated alkanes) is 1. The summed E-state index contributed by atoms with van der Waals surface area (Å²) in [5.41, 5.74) is 3.46. The maximum Gasteiger partial charge on any atom is 0.510 e. The molecule has 1 aliphatic carbocycles. The Balaban J connectivity index is 0.651. The number of rotatable bonds is 36. The first kappa shape index (κ1) is 81.1. The smallest absolute Gasteiger partial charge is 0.508 e. The van der Waals surface area contributed by atoms with E-state index in [0.29, 0.717) is 111 Å². The number of esters is 1. The quantitative estimate of drug-likeness (QED) is 0.00919. The third-order valence-corrected chi connectivity index (χ3v) is 22.5. The first-order chi connectivity index (χ1) is 54.5. The highest BCUT2D eigenvalue weighted by molar-refractivity contribution is 6.13. The number of pyridine rings is 2. The van der Waals surface area contributed by atoms with Crippen LogP contribution >= 0.6 is 0 Å². The number of benzene rings is 5. The number of hydrogen-bond acceptors (Lipinski definition) is 20. The number of anilines is 1. The molecular weight excluding hydrogens is 1440 g/mol. The number of carbonyl (C=O) groups is 8.